The Morgan fingerprint density at radius 1 is 1.28 bits per heavy atom. The highest BCUT2D eigenvalue weighted by molar-refractivity contribution is 5.94. The molecule has 0 spiro atoms. The zero-order chi connectivity index (χ0) is 22.2. The fraction of sp³-hybridized carbons (Fsp3) is 0.409. The number of benzene rings is 1. The largest absolute Gasteiger partial charge is 0.467 e. The predicted octanol–water partition coefficient (Wildman–Crippen LogP) is 1.58. The minimum atomic E-state index is -0.228. The second-order valence-corrected chi connectivity index (χ2v) is 8.26. The molecule has 0 radical (unpaired) electrons. The van der Waals surface area contributed by atoms with E-state index in [0.717, 1.165) is 36.3 Å². The summed E-state index contributed by atoms with van der Waals surface area (Å²) in [5.41, 5.74) is 5.12. The number of carbonyl (C=O) groups excluding carboxylic acids is 1. The Morgan fingerprint density at radius 2 is 2.16 bits per heavy atom. The number of ether oxygens (including phenoxy) is 2. The van der Waals surface area contributed by atoms with Gasteiger partial charge in [-0.1, -0.05) is 6.07 Å². The molecule has 166 valence electrons. The number of cyclic esters (lactones) is 1. The zero-order valence-electron chi connectivity index (χ0n) is 18.3. The lowest BCUT2D eigenvalue weighted by Gasteiger charge is -2.38. The van der Waals surface area contributed by atoms with Crippen LogP contribution in [0.4, 0.5) is 0 Å². The predicted molar refractivity (Wildman–Crippen MR) is 114 cm³/mol. The molecule has 10 heteroatoms. The summed E-state index contributed by atoms with van der Waals surface area (Å²) in [5, 5.41) is 8.11. The van der Waals surface area contributed by atoms with Crippen LogP contribution in [0.15, 0.2) is 30.9 Å². The smallest absolute Gasteiger partial charge is 0.338 e. The fourth-order valence-corrected chi connectivity index (χ4v) is 4.52. The average molecular weight is 435 g/mol. The van der Waals surface area contributed by atoms with Crippen LogP contribution in [0.1, 0.15) is 45.6 Å². The normalized spacial score (nSPS) is 20.8. The summed E-state index contributed by atoms with van der Waals surface area (Å²) in [4.78, 5) is 26.6. The van der Waals surface area contributed by atoms with E-state index in [1.165, 1.54) is 19.0 Å². The second kappa shape index (κ2) is 8.29. The second-order valence-electron chi connectivity index (χ2n) is 8.26. The third-order valence-corrected chi connectivity index (χ3v) is 6.01. The maximum atomic E-state index is 11.9. The third-order valence-electron chi connectivity index (χ3n) is 6.01. The molecular formula is C22H25N7O3. The Morgan fingerprint density at radius 3 is 3.00 bits per heavy atom. The number of rotatable bonds is 5. The lowest BCUT2D eigenvalue weighted by molar-refractivity contribution is 0.0535. The quantitative estimate of drug-likeness (QED) is 0.598. The van der Waals surface area contributed by atoms with Crippen LogP contribution in [0.5, 0.6) is 6.01 Å². The van der Waals surface area contributed by atoms with Crippen molar-refractivity contribution in [1.82, 2.24) is 34.9 Å². The molecule has 1 fully saturated rings. The van der Waals surface area contributed by atoms with E-state index in [9.17, 15) is 4.79 Å². The summed E-state index contributed by atoms with van der Waals surface area (Å²) in [6.07, 6.45) is 5.17. The van der Waals surface area contributed by atoms with Crippen molar-refractivity contribution in [1.29, 1.82) is 0 Å². The van der Waals surface area contributed by atoms with Gasteiger partial charge in [0.1, 0.15) is 12.9 Å². The average Bonchev–Trinajstić information content (AvgIpc) is 3.41. The Balaban J connectivity index is 1.33. The summed E-state index contributed by atoms with van der Waals surface area (Å²) in [6.45, 7) is 7.16. The molecule has 5 rings (SSSR count). The third kappa shape index (κ3) is 3.82. The molecule has 1 N–H and O–H groups in total. The van der Waals surface area contributed by atoms with Gasteiger partial charge >= 0.3 is 12.0 Å². The van der Waals surface area contributed by atoms with Crippen molar-refractivity contribution in [2.24, 2.45) is 0 Å². The summed E-state index contributed by atoms with van der Waals surface area (Å²) in [5.74, 6) is 0.189. The molecule has 2 atom stereocenters. The molecule has 0 bridgehead atoms. The van der Waals surface area contributed by atoms with Gasteiger partial charge in [-0.2, -0.15) is 20.1 Å². The molecule has 1 saturated heterocycles. The van der Waals surface area contributed by atoms with Crippen molar-refractivity contribution in [2.45, 2.75) is 39.1 Å². The summed E-state index contributed by atoms with van der Waals surface area (Å²) in [7, 11) is 1.52. The van der Waals surface area contributed by atoms with Gasteiger partial charge in [0.25, 0.3) is 5.95 Å². The first-order valence-corrected chi connectivity index (χ1v) is 10.6. The number of nitrogens with one attached hydrogen (secondary N) is 1. The highest BCUT2D eigenvalue weighted by Gasteiger charge is 2.30. The Labute approximate surface area is 185 Å². The number of aromatic nitrogens is 5. The number of carbonyl (C=O) groups is 1. The Hall–Kier alpha value is -3.37. The van der Waals surface area contributed by atoms with E-state index in [2.05, 4.69) is 50.2 Å². The molecule has 0 unspecified atom stereocenters. The van der Waals surface area contributed by atoms with E-state index in [0.29, 0.717) is 24.2 Å². The van der Waals surface area contributed by atoms with E-state index >= 15 is 0 Å². The first kappa shape index (κ1) is 20.5. The molecule has 3 aromatic rings. The molecule has 2 aliphatic heterocycles. The molecular weight excluding hydrogens is 410 g/mol. The first-order valence-electron chi connectivity index (χ1n) is 10.6. The summed E-state index contributed by atoms with van der Waals surface area (Å²) < 4.78 is 11.9. The molecule has 0 aliphatic carbocycles. The monoisotopic (exact) mass is 435 g/mol. The van der Waals surface area contributed by atoms with Gasteiger partial charge in [0.15, 0.2) is 0 Å². The van der Waals surface area contributed by atoms with Crippen LogP contribution in [0.2, 0.25) is 0 Å². The highest BCUT2D eigenvalue weighted by Crippen LogP contribution is 2.31. The Kier molecular flexibility index (Phi) is 5.32. The van der Waals surface area contributed by atoms with E-state index in [1.54, 1.807) is 4.68 Å². The number of piperazine rings is 1. The van der Waals surface area contributed by atoms with Crippen molar-refractivity contribution in [3.8, 4) is 12.0 Å². The highest BCUT2D eigenvalue weighted by atomic mass is 16.5. The minimum absolute atomic E-state index is 0.169. The van der Waals surface area contributed by atoms with Crippen LogP contribution in [0.3, 0.4) is 0 Å². The van der Waals surface area contributed by atoms with E-state index in [-0.39, 0.29) is 18.0 Å². The Bertz CT molecular complexity index is 1160. The van der Waals surface area contributed by atoms with Gasteiger partial charge in [-0.05, 0) is 31.0 Å². The van der Waals surface area contributed by atoms with Gasteiger partial charge in [-0.15, -0.1) is 0 Å². The van der Waals surface area contributed by atoms with Gasteiger partial charge < -0.3 is 14.8 Å². The number of hydrogen-bond donors (Lipinski definition) is 1. The molecule has 4 heterocycles. The van der Waals surface area contributed by atoms with Crippen molar-refractivity contribution in [2.75, 3.05) is 20.2 Å². The zero-order valence-corrected chi connectivity index (χ0v) is 18.3. The first-order chi connectivity index (χ1) is 15.5. The topological polar surface area (TPSA) is 107 Å². The van der Waals surface area contributed by atoms with Crippen molar-refractivity contribution < 1.29 is 14.3 Å². The number of hydrogen-bond acceptors (Lipinski definition) is 9. The molecule has 1 aromatic carbocycles. The van der Waals surface area contributed by atoms with E-state index in [4.69, 9.17) is 9.47 Å². The number of nitrogens with zero attached hydrogens (tertiary/aromatic N) is 6. The van der Waals surface area contributed by atoms with Crippen LogP contribution in [-0.4, -0.2) is 61.8 Å². The van der Waals surface area contributed by atoms with Crippen LogP contribution in [0.25, 0.3) is 5.95 Å². The molecule has 32 heavy (non-hydrogen) atoms. The number of esters is 1. The molecule has 0 amide bonds. The lowest BCUT2D eigenvalue weighted by atomic mass is 9.92. The van der Waals surface area contributed by atoms with E-state index in [1.807, 2.05) is 18.5 Å². The maximum absolute atomic E-state index is 11.9. The van der Waals surface area contributed by atoms with Crippen LogP contribution in [0, 0.1) is 6.92 Å². The number of fused-ring (bicyclic) bond motifs is 1. The lowest BCUT2D eigenvalue weighted by Crippen LogP contribution is -2.50. The summed E-state index contributed by atoms with van der Waals surface area (Å²) in [6, 6.07) is 4.69. The van der Waals surface area contributed by atoms with Crippen LogP contribution >= 0.6 is 0 Å². The minimum Gasteiger partial charge on any atom is -0.467 e. The molecule has 2 aliphatic rings. The van der Waals surface area contributed by atoms with Gasteiger partial charge in [0.2, 0.25) is 0 Å². The van der Waals surface area contributed by atoms with E-state index < -0.39 is 0 Å². The SMILES string of the molecule is COc1ncnc(-n2cc(CN3C[C@@H](c4ccc5c(c4C)COC5=O)N[C@@H](C)C3)cn2)n1. The van der Waals surface area contributed by atoms with Crippen molar-refractivity contribution in [3.05, 3.63) is 58.7 Å². The van der Waals surface area contributed by atoms with Crippen molar-refractivity contribution in [3.63, 3.8) is 0 Å². The standard InChI is InChI=1S/C22H25N7O3/c1-13-7-28(8-15-6-25-29(9-15)21-23-12-24-22(27-21)31-3)10-19(26-13)16-4-5-17-18(14(16)2)11-32-20(17)30/h4-6,9,12-13,19,26H,7-8,10-11H2,1-3H3/t13-,19-/m0/s1. The van der Waals surface area contributed by atoms with Crippen LogP contribution in [-0.2, 0) is 17.9 Å². The molecule has 2 aromatic heterocycles. The van der Waals surface area contributed by atoms with Crippen molar-refractivity contribution >= 4 is 5.97 Å². The van der Waals surface area contributed by atoms with Gasteiger partial charge in [-0.25, -0.2) is 9.48 Å². The van der Waals surface area contributed by atoms with Gasteiger partial charge in [0, 0.05) is 49.0 Å². The maximum Gasteiger partial charge on any atom is 0.338 e. The molecule has 0 saturated carbocycles. The van der Waals surface area contributed by atoms with Gasteiger partial charge in [-0.3, -0.25) is 4.90 Å². The van der Waals surface area contributed by atoms with Crippen LogP contribution < -0.4 is 10.1 Å². The van der Waals surface area contributed by atoms with Gasteiger partial charge in [0.05, 0.1) is 18.9 Å². The number of methoxy groups -OCH3 is 1. The fourth-order valence-electron chi connectivity index (χ4n) is 4.52. The molecule has 10 nitrogen and oxygen atoms in total. The summed E-state index contributed by atoms with van der Waals surface area (Å²) >= 11 is 0.